The Balaban J connectivity index is 1.52. The Bertz CT molecular complexity index is 685. The third kappa shape index (κ3) is 3.90. The quantitative estimate of drug-likeness (QED) is 0.620. The van der Waals surface area contributed by atoms with Crippen LogP contribution in [0.5, 0.6) is 0 Å². The summed E-state index contributed by atoms with van der Waals surface area (Å²) in [5, 5.41) is 0.384. The van der Waals surface area contributed by atoms with Gasteiger partial charge in [-0.05, 0) is 18.2 Å². The van der Waals surface area contributed by atoms with Gasteiger partial charge in [0.2, 0.25) is 5.91 Å². The van der Waals surface area contributed by atoms with E-state index in [1.807, 2.05) is 0 Å². The maximum atomic E-state index is 12.1. The van der Waals surface area contributed by atoms with Gasteiger partial charge < -0.3 is 14.1 Å². The number of hydrogen-bond donors (Lipinski definition) is 0. The van der Waals surface area contributed by atoms with Crippen molar-refractivity contribution in [2.75, 3.05) is 6.54 Å². The van der Waals surface area contributed by atoms with Crippen molar-refractivity contribution in [1.82, 2.24) is 9.88 Å². The minimum absolute atomic E-state index is 0.0727. The van der Waals surface area contributed by atoms with Crippen molar-refractivity contribution in [3.05, 3.63) is 53.2 Å². The molecule has 1 unspecified atom stereocenters. The molecule has 23 heavy (non-hydrogen) atoms. The summed E-state index contributed by atoms with van der Waals surface area (Å²) >= 11 is 5.70. The van der Waals surface area contributed by atoms with Gasteiger partial charge in [-0.1, -0.05) is 17.7 Å². The molecule has 0 bridgehead atoms. The number of esters is 1. The lowest BCUT2D eigenvalue weighted by atomic mass is 10.1. The van der Waals surface area contributed by atoms with E-state index >= 15 is 0 Å². The van der Waals surface area contributed by atoms with Crippen LogP contribution in [-0.2, 0) is 27.5 Å². The highest BCUT2D eigenvalue weighted by molar-refractivity contribution is 6.29. The molecule has 0 aromatic carbocycles. The molecule has 120 valence electrons. The number of halogens is 1. The zero-order chi connectivity index (χ0) is 16.2. The fraction of sp³-hybridized carbons (Fsp3) is 0.312. The monoisotopic (exact) mass is 334 g/mol. The number of rotatable bonds is 5. The first-order valence-electron chi connectivity index (χ1n) is 7.19. The molecular weight excluding hydrogens is 320 g/mol. The van der Waals surface area contributed by atoms with Crippen LogP contribution >= 0.6 is 11.6 Å². The van der Waals surface area contributed by atoms with Crippen molar-refractivity contribution in [1.29, 1.82) is 0 Å². The number of likely N-dealkylation sites (tertiary alicyclic amines) is 1. The first-order chi connectivity index (χ1) is 11.1. The van der Waals surface area contributed by atoms with Gasteiger partial charge in [0.15, 0.2) is 0 Å². The highest BCUT2D eigenvalue weighted by atomic mass is 35.5. The molecule has 1 fully saturated rings. The number of aromatic nitrogens is 1. The molecule has 1 aliphatic heterocycles. The number of hydrogen-bond acceptors (Lipinski definition) is 5. The first-order valence-corrected chi connectivity index (χ1v) is 7.57. The third-order valence-corrected chi connectivity index (χ3v) is 3.87. The number of ether oxygens (including phenoxy) is 1. The van der Waals surface area contributed by atoms with Gasteiger partial charge in [0.25, 0.3) is 0 Å². The van der Waals surface area contributed by atoms with E-state index in [0.717, 1.165) is 5.56 Å². The van der Waals surface area contributed by atoms with Crippen LogP contribution in [0.15, 0.2) is 41.1 Å². The Morgan fingerprint density at radius 3 is 3.00 bits per heavy atom. The molecular formula is C16H15ClN2O4. The molecule has 2 aromatic heterocycles. The summed E-state index contributed by atoms with van der Waals surface area (Å²) in [7, 11) is 0. The second kappa shape index (κ2) is 6.83. The van der Waals surface area contributed by atoms with E-state index in [9.17, 15) is 9.59 Å². The predicted molar refractivity (Wildman–Crippen MR) is 81.3 cm³/mol. The van der Waals surface area contributed by atoms with Crippen LogP contribution in [0.3, 0.4) is 0 Å². The Morgan fingerprint density at radius 2 is 2.30 bits per heavy atom. The Labute approximate surface area is 138 Å². The van der Waals surface area contributed by atoms with Crippen molar-refractivity contribution < 1.29 is 18.7 Å². The van der Waals surface area contributed by atoms with Crippen molar-refractivity contribution in [3.63, 3.8) is 0 Å². The minimum atomic E-state index is -0.447. The van der Waals surface area contributed by atoms with Crippen LogP contribution in [0.1, 0.15) is 17.7 Å². The lowest BCUT2D eigenvalue weighted by Crippen LogP contribution is -2.26. The first kappa shape index (κ1) is 15.6. The molecule has 1 saturated heterocycles. The molecule has 1 atom stereocenters. The highest BCUT2D eigenvalue weighted by Gasteiger charge is 2.35. The van der Waals surface area contributed by atoms with Crippen molar-refractivity contribution >= 4 is 23.5 Å². The number of nitrogens with zero attached hydrogens (tertiary/aromatic N) is 2. The normalized spacial score (nSPS) is 17.5. The van der Waals surface area contributed by atoms with Gasteiger partial charge in [-0.2, -0.15) is 0 Å². The van der Waals surface area contributed by atoms with E-state index in [4.69, 9.17) is 20.8 Å². The fourth-order valence-electron chi connectivity index (χ4n) is 2.44. The maximum Gasteiger partial charge on any atom is 0.311 e. The zero-order valence-electron chi connectivity index (χ0n) is 12.3. The smallest absolute Gasteiger partial charge is 0.311 e. The van der Waals surface area contributed by atoms with Gasteiger partial charge >= 0.3 is 5.97 Å². The molecule has 0 saturated carbocycles. The summed E-state index contributed by atoms with van der Waals surface area (Å²) in [5.41, 5.74) is 0.750. The zero-order valence-corrected chi connectivity index (χ0v) is 13.0. The average Bonchev–Trinajstić information content (AvgIpc) is 3.17. The van der Waals surface area contributed by atoms with E-state index < -0.39 is 5.92 Å². The van der Waals surface area contributed by atoms with Gasteiger partial charge in [-0.25, -0.2) is 4.98 Å². The van der Waals surface area contributed by atoms with Crippen LogP contribution in [0, 0.1) is 5.92 Å². The maximum absolute atomic E-state index is 12.1. The molecule has 3 heterocycles. The number of amides is 1. The molecule has 0 aliphatic carbocycles. The summed E-state index contributed by atoms with van der Waals surface area (Å²) in [5.74, 6) is -0.205. The lowest BCUT2D eigenvalue weighted by Gasteiger charge is -2.14. The van der Waals surface area contributed by atoms with Gasteiger partial charge in [-0.3, -0.25) is 9.59 Å². The Hall–Kier alpha value is -2.34. The lowest BCUT2D eigenvalue weighted by molar-refractivity contribution is -0.149. The summed E-state index contributed by atoms with van der Waals surface area (Å²) < 4.78 is 10.5. The summed E-state index contributed by atoms with van der Waals surface area (Å²) in [6.07, 6.45) is 3.28. The minimum Gasteiger partial charge on any atom is -0.467 e. The summed E-state index contributed by atoms with van der Waals surface area (Å²) in [4.78, 5) is 29.6. The largest absolute Gasteiger partial charge is 0.467 e. The van der Waals surface area contributed by atoms with E-state index in [0.29, 0.717) is 24.0 Å². The van der Waals surface area contributed by atoms with E-state index in [1.165, 1.54) is 0 Å². The van der Waals surface area contributed by atoms with Crippen LogP contribution in [0.2, 0.25) is 5.15 Å². The van der Waals surface area contributed by atoms with Crippen LogP contribution in [0.4, 0.5) is 0 Å². The van der Waals surface area contributed by atoms with Crippen molar-refractivity contribution in [2.24, 2.45) is 5.92 Å². The van der Waals surface area contributed by atoms with Crippen LogP contribution in [-0.4, -0.2) is 28.3 Å². The molecule has 0 spiro atoms. The Kier molecular flexibility index (Phi) is 4.62. The number of carbonyl (C=O) groups excluding carboxylic acids is 2. The molecule has 6 nitrogen and oxygen atoms in total. The molecule has 1 aliphatic rings. The van der Waals surface area contributed by atoms with E-state index in [1.54, 1.807) is 41.6 Å². The van der Waals surface area contributed by atoms with Crippen molar-refractivity contribution in [2.45, 2.75) is 19.6 Å². The second-order valence-electron chi connectivity index (χ2n) is 5.35. The van der Waals surface area contributed by atoms with Gasteiger partial charge in [0, 0.05) is 24.7 Å². The fourth-order valence-corrected chi connectivity index (χ4v) is 2.55. The van der Waals surface area contributed by atoms with E-state index in [2.05, 4.69) is 4.98 Å². The number of carbonyl (C=O) groups is 2. The predicted octanol–water partition coefficient (Wildman–Crippen LogP) is 2.42. The number of furan rings is 1. The number of pyridine rings is 1. The second-order valence-corrected chi connectivity index (χ2v) is 5.74. The average molecular weight is 335 g/mol. The molecule has 1 amide bonds. The van der Waals surface area contributed by atoms with Crippen LogP contribution < -0.4 is 0 Å². The molecule has 3 rings (SSSR count). The topological polar surface area (TPSA) is 72.6 Å². The highest BCUT2D eigenvalue weighted by Crippen LogP contribution is 2.22. The van der Waals surface area contributed by atoms with Crippen LogP contribution in [0.25, 0.3) is 0 Å². The molecule has 2 aromatic rings. The molecule has 0 radical (unpaired) electrons. The van der Waals surface area contributed by atoms with Gasteiger partial charge in [0.05, 0.1) is 18.7 Å². The van der Waals surface area contributed by atoms with E-state index in [-0.39, 0.29) is 24.9 Å². The Morgan fingerprint density at radius 1 is 1.43 bits per heavy atom. The molecule has 0 N–H and O–H groups in total. The van der Waals surface area contributed by atoms with Crippen molar-refractivity contribution in [3.8, 4) is 0 Å². The SMILES string of the molecule is O=C(OCc1ccc(Cl)nc1)C1CC(=O)N(Cc2ccco2)C1. The molecule has 7 heteroatoms. The van der Waals surface area contributed by atoms with Gasteiger partial charge in [0.1, 0.15) is 17.5 Å². The van der Waals surface area contributed by atoms with Gasteiger partial charge in [-0.15, -0.1) is 0 Å². The third-order valence-electron chi connectivity index (χ3n) is 3.64. The standard InChI is InChI=1S/C16H15ClN2O4/c17-14-4-3-11(7-18-14)10-23-16(21)12-6-15(20)19(8-12)9-13-2-1-5-22-13/h1-5,7,12H,6,8-10H2. The summed E-state index contributed by atoms with van der Waals surface area (Å²) in [6.45, 7) is 0.833. The summed E-state index contributed by atoms with van der Waals surface area (Å²) in [6, 6.07) is 6.94.